The summed E-state index contributed by atoms with van der Waals surface area (Å²) >= 11 is 18.2. The van der Waals surface area contributed by atoms with E-state index < -0.39 is 9.70 Å². The number of halogens is 3. The van der Waals surface area contributed by atoms with Gasteiger partial charge in [-0.25, -0.2) is 4.98 Å². The van der Waals surface area contributed by atoms with Crippen LogP contribution in [0.2, 0.25) is 0 Å². The van der Waals surface area contributed by atoms with E-state index in [2.05, 4.69) is 23.3 Å². The van der Waals surface area contributed by atoms with Gasteiger partial charge in [-0.3, -0.25) is 4.79 Å². The highest BCUT2D eigenvalue weighted by Gasteiger charge is 2.30. The highest BCUT2D eigenvalue weighted by molar-refractivity contribution is 7.21. The summed E-state index contributed by atoms with van der Waals surface area (Å²) in [7, 11) is 0. The van der Waals surface area contributed by atoms with E-state index in [1.165, 1.54) is 5.56 Å². The molecule has 0 fully saturated rings. The van der Waals surface area contributed by atoms with Crippen molar-refractivity contribution in [1.29, 1.82) is 0 Å². The van der Waals surface area contributed by atoms with E-state index in [-0.39, 0.29) is 0 Å². The maximum atomic E-state index is 11.6. The molecule has 0 aliphatic heterocycles. The normalized spacial score (nSPS) is 11.7. The Bertz CT molecular complexity index is 869. The zero-order valence-corrected chi connectivity index (χ0v) is 15.0. The molecule has 0 saturated heterocycles. The van der Waals surface area contributed by atoms with Crippen LogP contribution in [0.25, 0.3) is 20.8 Å². The van der Waals surface area contributed by atoms with Crippen LogP contribution in [-0.4, -0.2) is 14.7 Å². The van der Waals surface area contributed by atoms with E-state index in [0.29, 0.717) is 5.69 Å². The third-order valence-corrected chi connectivity index (χ3v) is 4.77. The van der Waals surface area contributed by atoms with Crippen molar-refractivity contribution < 1.29 is 4.79 Å². The molecule has 118 valence electrons. The van der Waals surface area contributed by atoms with E-state index in [1.807, 2.05) is 24.3 Å². The number of carbonyl (C=O) groups excluding carboxylic acids is 1. The average Bonchev–Trinajstić information content (AvgIpc) is 2.90. The SMILES string of the molecule is Cc1ccc2nc(-c3ccc(NC(=O)C(Cl)(Cl)Cl)cc3)sc2c1. The molecule has 3 rings (SSSR count). The highest BCUT2D eigenvalue weighted by Crippen LogP contribution is 2.32. The first kappa shape index (κ1) is 16.5. The van der Waals surface area contributed by atoms with Crippen LogP contribution >= 0.6 is 46.1 Å². The van der Waals surface area contributed by atoms with Gasteiger partial charge >= 0.3 is 0 Å². The van der Waals surface area contributed by atoms with Gasteiger partial charge in [0.15, 0.2) is 0 Å². The summed E-state index contributed by atoms with van der Waals surface area (Å²) in [5.41, 5.74) is 3.71. The molecular weight excluding hydrogens is 375 g/mol. The molecular formula is C16H11Cl3N2OS. The van der Waals surface area contributed by atoms with Gasteiger partial charge in [-0.15, -0.1) is 11.3 Å². The van der Waals surface area contributed by atoms with E-state index >= 15 is 0 Å². The number of amides is 1. The summed E-state index contributed by atoms with van der Waals surface area (Å²) < 4.78 is -0.836. The van der Waals surface area contributed by atoms with Crippen molar-refractivity contribution in [2.24, 2.45) is 0 Å². The molecule has 2 aromatic carbocycles. The summed E-state index contributed by atoms with van der Waals surface area (Å²) in [5, 5.41) is 3.46. The molecule has 1 heterocycles. The van der Waals surface area contributed by atoms with Gasteiger partial charge in [-0.05, 0) is 48.9 Å². The molecule has 23 heavy (non-hydrogen) atoms. The smallest absolute Gasteiger partial charge is 0.276 e. The number of aromatic nitrogens is 1. The number of thiazole rings is 1. The Balaban J connectivity index is 1.85. The van der Waals surface area contributed by atoms with E-state index in [0.717, 1.165) is 20.8 Å². The minimum Gasteiger partial charge on any atom is -0.322 e. The summed E-state index contributed by atoms with van der Waals surface area (Å²) in [6.45, 7) is 2.06. The minimum atomic E-state index is -1.98. The van der Waals surface area contributed by atoms with E-state index in [1.54, 1.807) is 23.5 Å². The molecule has 3 aromatic rings. The lowest BCUT2D eigenvalue weighted by atomic mass is 10.2. The number of rotatable bonds is 2. The average molecular weight is 386 g/mol. The fourth-order valence-electron chi connectivity index (χ4n) is 2.05. The molecule has 0 aliphatic rings. The Morgan fingerprint density at radius 2 is 1.83 bits per heavy atom. The third kappa shape index (κ3) is 3.78. The van der Waals surface area contributed by atoms with Gasteiger partial charge in [-0.1, -0.05) is 40.9 Å². The van der Waals surface area contributed by atoms with Crippen LogP contribution in [-0.2, 0) is 4.79 Å². The second-order valence-electron chi connectivity index (χ2n) is 5.02. The molecule has 0 aliphatic carbocycles. The number of hydrogen-bond donors (Lipinski definition) is 1. The van der Waals surface area contributed by atoms with Gasteiger partial charge in [0.1, 0.15) is 5.01 Å². The number of carbonyl (C=O) groups is 1. The zero-order valence-electron chi connectivity index (χ0n) is 11.9. The first-order chi connectivity index (χ1) is 10.8. The van der Waals surface area contributed by atoms with Crippen LogP contribution in [0, 0.1) is 6.92 Å². The molecule has 0 spiro atoms. The number of fused-ring (bicyclic) bond motifs is 1. The first-order valence-corrected chi connectivity index (χ1v) is 8.64. The molecule has 0 radical (unpaired) electrons. The lowest BCUT2D eigenvalue weighted by Gasteiger charge is -2.11. The van der Waals surface area contributed by atoms with E-state index in [9.17, 15) is 4.79 Å². The van der Waals surface area contributed by atoms with Crippen molar-refractivity contribution >= 4 is 68.0 Å². The van der Waals surface area contributed by atoms with Gasteiger partial charge in [0, 0.05) is 11.3 Å². The van der Waals surface area contributed by atoms with Gasteiger partial charge in [0.05, 0.1) is 10.2 Å². The Morgan fingerprint density at radius 3 is 2.48 bits per heavy atom. The van der Waals surface area contributed by atoms with Crippen molar-refractivity contribution in [2.75, 3.05) is 5.32 Å². The summed E-state index contributed by atoms with van der Waals surface area (Å²) in [5.74, 6) is -0.689. The number of aryl methyl sites for hydroxylation is 1. The third-order valence-electron chi connectivity index (χ3n) is 3.19. The Morgan fingerprint density at radius 1 is 1.13 bits per heavy atom. The fraction of sp³-hybridized carbons (Fsp3) is 0.125. The van der Waals surface area contributed by atoms with E-state index in [4.69, 9.17) is 34.8 Å². The standard InChI is InChI=1S/C16H11Cl3N2OS/c1-9-2-7-12-13(8-9)23-14(21-12)10-3-5-11(6-4-10)20-15(22)16(17,18)19/h2-8H,1H3,(H,20,22). The summed E-state index contributed by atoms with van der Waals surface area (Å²) in [4.78, 5) is 16.2. The van der Waals surface area contributed by atoms with Gasteiger partial charge in [-0.2, -0.15) is 0 Å². The molecule has 0 bridgehead atoms. The topological polar surface area (TPSA) is 42.0 Å². The number of benzene rings is 2. The monoisotopic (exact) mass is 384 g/mol. The number of nitrogens with one attached hydrogen (secondary N) is 1. The molecule has 0 atom stereocenters. The molecule has 7 heteroatoms. The van der Waals surface area contributed by atoms with Crippen LogP contribution in [0.15, 0.2) is 42.5 Å². The predicted octanol–water partition coefficient (Wildman–Crippen LogP) is 5.58. The van der Waals surface area contributed by atoms with Crippen molar-refractivity contribution in [3.8, 4) is 10.6 Å². The molecule has 0 unspecified atom stereocenters. The molecule has 1 aromatic heterocycles. The van der Waals surface area contributed by atoms with Crippen molar-refractivity contribution in [1.82, 2.24) is 4.98 Å². The second-order valence-corrected chi connectivity index (χ2v) is 8.33. The highest BCUT2D eigenvalue weighted by atomic mass is 35.6. The van der Waals surface area contributed by atoms with Crippen molar-refractivity contribution in [3.63, 3.8) is 0 Å². The van der Waals surface area contributed by atoms with Gasteiger partial charge in [0.25, 0.3) is 9.70 Å². The van der Waals surface area contributed by atoms with Crippen LogP contribution in [0.3, 0.4) is 0 Å². The fourth-order valence-corrected chi connectivity index (χ4v) is 3.26. The number of nitrogens with zero attached hydrogens (tertiary/aromatic N) is 1. The van der Waals surface area contributed by atoms with Crippen molar-refractivity contribution in [3.05, 3.63) is 48.0 Å². The van der Waals surface area contributed by atoms with Crippen LogP contribution in [0.4, 0.5) is 5.69 Å². The largest absolute Gasteiger partial charge is 0.322 e. The number of hydrogen-bond acceptors (Lipinski definition) is 3. The Kier molecular flexibility index (Phi) is 4.52. The number of alkyl halides is 3. The van der Waals surface area contributed by atoms with Crippen LogP contribution in [0.1, 0.15) is 5.56 Å². The number of anilines is 1. The minimum absolute atomic E-state index is 0.557. The Hall–Kier alpha value is -1.33. The zero-order chi connectivity index (χ0) is 16.6. The maximum Gasteiger partial charge on any atom is 0.276 e. The molecule has 1 N–H and O–H groups in total. The lowest BCUT2D eigenvalue weighted by molar-refractivity contribution is -0.115. The van der Waals surface area contributed by atoms with Crippen LogP contribution < -0.4 is 5.32 Å². The Labute approximate surface area is 152 Å². The molecule has 1 amide bonds. The lowest BCUT2D eigenvalue weighted by Crippen LogP contribution is -2.26. The summed E-state index contributed by atoms with van der Waals surface area (Å²) in [6.07, 6.45) is 0. The maximum absolute atomic E-state index is 11.6. The quantitative estimate of drug-likeness (QED) is 0.585. The van der Waals surface area contributed by atoms with Crippen LogP contribution in [0.5, 0.6) is 0 Å². The first-order valence-electron chi connectivity index (χ1n) is 6.69. The molecule has 0 saturated carbocycles. The van der Waals surface area contributed by atoms with Crippen molar-refractivity contribution in [2.45, 2.75) is 10.7 Å². The second kappa shape index (κ2) is 6.29. The van der Waals surface area contributed by atoms with Gasteiger partial charge < -0.3 is 5.32 Å². The summed E-state index contributed by atoms with van der Waals surface area (Å²) in [6, 6.07) is 13.4. The predicted molar refractivity (Wildman–Crippen MR) is 98.7 cm³/mol. The van der Waals surface area contributed by atoms with Gasteiger partial charge in [0.2, 0.25) is 0 Å². The molecule has 3 nitrogen and oxygen atoms in total.